The van der Waals surface area contributed by atoms with E-state index in [1.807, 2.05) is 31.2 Å². The van der Waals surface area contributed by atoms with Crippen molar-refractivity contribution in [2.45, 2.75) is 38.5 Å². The zero-order valence-corrected chi connectivity index (χ0v) is 12.6. The summed E-state index contributed by atoms with van der Waals surface area (Å²) >= 11 is 7.78. The van der Waals surface area contributed by atoms with Crippen LogP contribution in [0.5, 0.6) is 0 Å². The number of hydrogen-bond donors (Lipinski definition) is 1. The molecule has 1 amide bonds. The predicted octanol–water partition coefficient (Wildman–Crippen LogP) is 4.05. The fourth-order valence-electron chi connectivity index (χ4n) is 1.52. The zero-order chi connectivity index (χ0) is 13.5. The Morgan fingerprint density at radius 3 is 2.67 bits per heavy atom. The SMILES string of the molecule is CC[C@H](C)SCC(=O)N[C@H](C)c1ccccc1Cl. The normalized spacial score (nSPS) is 14.0. The summed E-state index contributed by atoms with van der Waals surface area (Å²) in [7, 11) is 0. The van der Waals surface area contributed by atoms with Crippen molar-refractivity contribution >= 4 is 29.3 Å². The van der Waals surface area contributed by atoms with E-state index < -0.39 is 0 Å². The topological polar surface area (TPSA) is 29.1 Å². The number of carbonyl (C=O) groups excluding carboxylic acids is 1. The van der Waals surface area contributed by atoms with Crippen molar-refractivity contribution < 1.29 is 4.79 Å². The van der Waals surface area contributed by atoms with Crippen LogP contribution >= 0.6 is 23.4 Å². The Balaban J connectivity index is 2.47. The molecule has 0 saturated carbocycles. The van der Waals surface area contributed by atoms with Gasteiger partial charge in [-0.15, -0.1) is 11.8 Å². The summed E-state index contributed by atoms with van der Waals surface area (Å²) in [6, 6.07) is 7.54. The van der Waals surface area contributed by atoms with Crippen molar-refractivity contribution in [3.05, 3.63) is 34.9 Å². The predicted molar refractivity (Wildman–Crippen MR) is 80.2 cm³/mol. The smallest absolute Gasteiger partial charge is 0.230 e. The molecule has 0 saturated heterocycles. The quantitative estimate of drug-likeness (QED) is 0.854. The average molecular weight is 286 g/mol. The largest absolute Gasteiger partial charge is 0.349 e. The van der Waals surface area contributed by atoms with Gasteiger partial charge >= 0.3 is 0 Å². The summed E-state index contributed by atoms with van der Waals surface area (Å²) < 4.78 is 0. The Kier molecular flexibility index (Phi) is 6.58. The van der Waals surface area contributed by atoms with Crippen LogP contribution in [0.2, 0.25) is 5.02 Å². The number of thioether (sulfide) groups is 1. The van der Waals surface area contributed by atoms with E-state index in [0.717, 1.165) is 12.0 Å². The molecule has 0 bridgehead atoms. The Morgan fingerprint density at radius 2 is 2.06 bits per heavy atom. The Labute approximate surface area is 118 Å². The maximum Gasteiger partial charge on any atom is 0.230 e. The number of benzene rings is 1. The summed E-state index contributed by atoms with van der Waals surface area (Å²) in [6.07, 6.45) is 1.08. The van der Waals surface area contributed by atoms with Crippen molar-refractivity contribution in [3.63, 3.8) is 0 Å². The first kappa shape index (κ1) is 15.4. The van der Waals surface area contributed by atoms with E-state index in [-0.39, 0.29) is 11.9 Å². The summed E-state index contributed by atoms with van der Waals surface area (Å²) in [5.41, 5.74) is 0.959. The molecule has 0 unspecified atom stereocenters. The standard InChI is InChI=1S/C14H20ClNOS/c1-4-10(2)18-9-14(17)16-11(3)12-7-5-6-8-13(12)15/h5-8,10-11H,4,9H2,1-3H3,(H,16,17)/t10-,11+/m0/s1. The van der Waals surface area contributed by atoms with Crippen LogP contribution in [0.25, 0.3) is 0 Å². The number of rotatable bonds is 6. The molecule has 4 heteroatoms. The molecule has 1 aromatic rings. The van der Waals surface area contributed by atoms with Crippen molar-refractivity contribution in [1.29, 1.82) is 0 Å². The number of carbonyl (C=O) groups is 1. The third kappa shape index (κ3) is 4.91. The van der Waals surface area contributed by atoms with Crippen LogP contribution in [0.4, 0.5) is 0 Å². The van der Waals surface area contributed by atoms with Gasteiger partial charge in [0.15, 0.2) is 0 Å². The molecule has 0 aromatic heterocycles. The second-order valence-electron chi connectivity index (χ2n) is 4.34. The molecule has 1 N–H and O–H groups in total. The lowest BCUT2D eigenvalue weighted by Gasteiger charge is -2.16. The van der Waals surface area contributed by atoms with Crippen LogP contribution in [0, 0.1) is 0 Å². The first-order valence-corrected chi connectivity index (χ1v) is 7.62. The van der Waals surface area contributed by atoms with Crippen LogP contribution < -0.4 is 5.32 Å². The van der Waals surface area contributed by atoms with Gasteiger partial charge in [0.05, 0.1) is 11.8 Å². The van der Waals surface area contributed by atoms with E-state index in [1.165, 1.54) is 0 Å². The average Bonchev–Trinajstić information content (AvgIpc) is 2.36. The minimum atomic E-state index is -0.0521. The molecule has 2 atom stereocenters. The van der Waals surface area contributed by atoms with Crippen LogP contribution in [-0.4, -0.2) is 16.9 Å². The minimum Gasteiger partial charge on any atom is -0.349 e. The highest BCUT2D eigenvalue weighted by Crippen LogP contribution is 2.22. The lowest BCUT2D eigenvalue weighted by Crippen LogP contribution is -2.28. The fraction of sp³-hybridized carbons (Fsp3) is 0.500. The highest BCUT2D eigenvalue weighted by Gasteiger charge is 2.12. The molecule has 0 fully saturated rings. The number of amides is 1. The second-order valence-corrected chi connectivity index (χ2v) is 6.17. The molecule has 0 spiro atoms. The van der Waals surface area contributed by atoms with Crippen molar-refractivity contribution in [3.8, 4) is 0 Å². The number of nitrogens with one attached hydrogen (secondary N) is 1. The van der Waals surface area contributed by atoms with Crippen LogP contribution in [0.3, 0.4) is 0 Å². The molecule has 0 aliphatic carbocycles. The molecular formula is C14H20ClNOS. The molecular weight excluding hydrogens is 266 g/mol. The van der Waals surface area contributed by atoms with E-state index >= 15 is 0 Å². The van der Waals surface area contributed by atoms with Gasteiger partial charge in [-0.25, -0.2) is 0 Å². The third-order valence-electron chi connectivity index (χ3n) is 2.82. The Bertz CT molecular complexity index is 397. The Hall–Kier alpha value is -0.670. The lowest BCUT2D eigenvalue weighted by molar-refractivity contribution is -0.119. The van der Waals surface area contributed by atoms with Crippen LogP contribution in [0.1, 0.15) is 38.8 Å². The maximum atomic E-state index is 11.8. The summed E-state index contributed by atoms with van der Waals surface area (Å²) in [6.45, 7) is 6.21. The van der Waals surface area contributed by atoms with E-state index in [1.54, 1.807) is 11.8 Å². The first-order chi connectivity index (χ1) is 8.54. The molecule has 100 valence electrons. The monoisotopic (exact) mass is 285 g/mol. The second kappa shape index (κ2) is 7.70. The van der Waals surface area contributed by atoms with Crippen LogP contribution in [0.15, 0.2) is 24.3 Å². The van der Waals surface area contributed by atoms with Gasteiger partial charge < -0.3 is 5.32 Å². The highest BCUT2D eigenvalue weighted by molar-refractivity contribution is 8.00. The number of halogens is 1. The highest BCUT2D eigenvalue weighted by atomic mass is 35.5. The van der Waals surface area contributed by atoms with Crippen molar-refractivity contribution in [2.24, 2.45) is 0 Å². The van der Waals surface area contributed by atoms with E-state index in [0.29, 0.717) is 16.0 Å². The summed E-state index contributed by atoms with van der Waals surface area (Å²) in [4.78, 5) is 11.8. The first-order valence-electron chi connectivity index (χ1n) is 6.20. The van der Waals surface area contributed by atoms with Gasteiger partial charge in [-0.3, -0.25) is 4.79 Å². The van der Waals surface area contributed by atoms with E-state index in [4.69, 9.17) is 11.6 Å². The molecule has 0 radical (unpaired) electrons. The van der Waals surface area contributed by atoms with Gasteiger partial charge in [-0.1, -0.05) is 43.6 Å². The van der Waals surface area contributed by atoms with Gasteiger partial charge in [-0.2, -0.15) is 0 Å². The number of hydrogen-bond acceptors (Lipinski definition) is 2. The molecule has 1 aromatic carbocycles. The summed E-state index contributed by atoms with van der Waals surface area (Å²) in [5, 5.41) is 4.19. The van der Waals surface area contributed by atoms with Gasteiger partial charge in [-0.05, 0) is 25.0 Å². The Morgan fingerprint density at radius 1 is 1.39 bits per heavy atom. The molecule has 1 rings (SSSR count). The maximum absolute atomic E-state index is 11.8. The van der Waals surface area contributed by atoms with Gasteiger partial charge in [0.2, 0.25) is 5.91 Å². The van der Waals surface area contributed by atoms with E-state index in [9.17, 15) is 4.79 Å². The van der Waals surface area contributed by atoms with Crippen molar-refractivity contribution in [1.82, 2.24) is 5.32 Å². The van der Waals surface area contributed by atoms with Gasteiger partial charge in [0.25, 0.3) is 0 Å². The minimum absolute atomic E-state index is 0.0521. The molecule has 18 heavy (non-hydrogen) atoms. The third-order valence-corrected chi connectivity index (χ3v) is 4.50. The van der Waals surface area contributed by atoms with Crippen LogP contribution in [-0.2, 0) is 4.79 Å². The van der Waals surface area contributed by atoms with Gasteiger partial charge in [0.1, 0.15) is 0 Å². The summed E-state index contributed by atoms with van der Waals surface area (Å²) in [5.74, 6) is 0.566. The fourth-order valence-corrected chi connectivity index (χ4v) is 2.58. The van der Waals surface area contributed by atoms with E-state index in [2.05, 4.69) is 19.2 Å². The van der Waals surface area contributed by atoms with Gasteiger partial charge in [0, 0.05) is 10.3 Å². The molecule has 0 heterocycles. The molecule has 2 nitrogen and oxygen atoms in total. The molecule has 0 aliphatic heterocycles. The lowest BCUT2D eigenvalue weighted by atomic mass is 10.1. The molecule has 0 aliphatic rings. The van der Waals surface area contributed by atoms with Crippen molar-refractivity contribution in [2.75, 3.05) is 5.75 Å². The zero-order valence-electron chi connectivity index (χ0n) is 11.1.